The average Bonchev–Trinajstić information content (AvgIpc) is 3.16. The number of hydrogen-bond acceptors (Lipinski definition) is 3. The summed E-state index contributed by atoms with van der Waals surface area (Å²) in [5.74, 6) is 0.144. The molecule has 0 radical (unpaired) electrons. The average molecular weight is 260 g/mol. The molecule has 102 valence electrons. The third-order valence-electron chi connectivity index (χ3n) is 4.22. The number of anilines is 1. The summed E-state index contributed by atoms with van der Waals surface area (Å²) in [6, 6.07) is 7.67. The van der Waals surface area contributed by atoms with Crippen LogP contribution in [0.3, 0.4) is 0 Å². The van der Waals surface area contributed by atoms with Crippen LogP contribution in [0.25, 0.3) is 0 Å². The summed E-state index contributed by atoms with van der Waals surface area (Å²) in [6.45, 7) is 4.31. The van der Waals surface area contributed by atoms with E-state index in [1.165, 1.54) is 0 Å². The molecule has 1 saturated heterocycles. The fourth-order valence-corrected chi connectivity index (χ4v) is 2.59. The molecule has 2 aliphatic rings. The molecule has 4 heteroatoms. The first-order chi connectivity index (χ1) is 9.04. The van der Waals surface area contributed by atoms with Crippen LogP contribution < -0.4 is 11.1 Å². The van der Waals surface area contributed by atoms with Gasteiger partial charge in [-0.25, -0.2) is 0 Å². The number of carbonyl (C=O) groups is 1. The maximum absolute atomic E-state index is 12.4. The Labute approximate surface area is 113 Å². The van der Waals surface area contributed by atoms with Gasteiger partial charge in [0.05, 0.1) is 18.6 Å². The maximum Gasteiger partial charge on any atom is 0.230 e. The Kier molecular flexibility index (Phi) is 2.78. The summed E-state index contributed by atoms with van der Waals surface area (Å²) in [5.41, 5.74) is 7.31. The summed E-state index contributed by atoms with van der Waals surface area (Å²) >= 11 is 0. The lowest BCUT2D eigenvalue weighted by Crippen LogP contribution is -2.50. The van der Waals surface area contributed by atoms with E-state index >= 15 is 0 Å². The van der Waals surface area contributed by atoms with E-state index in [-0.39, 0.29) is 16.7 Å². The summed E-state index contributed by atoms with van der Waals surface area (Å²) in [4.78, 5) is 12.4. The van der Waals surface area contributed by atoms with E-state index in [0.717, 1.165) is 37.3 Å². The maximum atomic E-state index is 12.4. The number of nitrogen functional groups attached to an aromatic ring is 1. The van der Waals surface area contributed by atoms with Crippen LogP contribution in [0.1, 0.15) is 25.3 Å². The number of carbonyl (C=O) groups excluding carboxylic acids is 1. The van der Waals surface area contributed by atoms with Crippen LogP contribution in [-0.4, -0.2) is 25.7 Å². The van der Waals surface area contributed by atoms with Crippen LogP contribution in [0, 0.1) is 5.41 Å². The predicted molar refractivity (Wildman–Crippen MR) is 73.7 cm³/mol. The van der Waals surface area contributed by atoms with Gasteiger partial charge < -0.3 is 15.8 Å². The van der Waals surface area contributed by atoms with Gasteiger partial charge in [0.15, 0.2) is 0 Å². The largest absolute Gasteiger partial charge is 0.399 e. The number of nitrogens with two attached hydrogens (primary N) is 1. The smallest absolute Gasteiger partial charge is 0.230 e. The first-order valence-corrected chi connectivity index (χ1v) is 6.76. The Balaban J connectivity index is 1.67. The second kappa shape index (κ2) is 4.23. The summed E-state index contributed by atoms with van der Waals surface area (Å²) in [5, 5.41) is 3.09. The van der Waals surface area contributed by atoms with E-state index in [0.29, 0.717) is 6.54 Å². The molecule has 0 bridgehead atoms. The fourth-order valence-electron chi connectivity index (χ4n) is 2.59. The van der Waals surface area contributed by atoms with Crippen molar-refractivity contribution in [3.05, 3.63) is 29.8 Å². The third-order valence-corrected chi connectivity index (χ3v) is 4.22. The molecule has 1 aliphatic carbocycles. The highest BCUT2D eigenvalue weighted by Gasteiger charge is 2.51. The van der Waals surface area contributed by atoms with Gasteiger partial charge in [-0.1, -0.05) is 19.1 Å². The van der Waals surface area contributed by atoms with Crippen LogP contribution in [0.2, 0.25) is 0 Å². The molecule has 0 atom stereocenters. The van der Waals surface area contributed by atoms with Gasteiger partial charge in [0.1, 0.15) is 0 Å². The predicted octanol–water partition coefficient (Wildman–Crippen LogP) is 1.45. The van der Waals surface area contributed by atoms with Crippen molar-refractivity contribution in [2.24, 2.45) is 5.41 Å². The van der Waals surface area contributed by atoms with E-state index in [2.05, 4.69) is 12.2 Å². The molecule has 1 aromatic carbocycles. The lowest BCUT2D eigenvalue weighted by molar-refractivity contribution is -0.129. The van der Waals surface area contributed by atoms with Crippen LogP contribution in [0.5, 0.6) is 0 Å². The van der Waals surface area contributed by atoms with E-state index in [1.54, 1.807) is 0 Å². The SMILES string of the molecule is CC1(CNC(=O)C2(c3ccc(N)cc3)CC2)COC1. The molecule has 3 rings (SSSR count). The number of hydrogen-bond donors (Lipinski definition) is 2. The fraction of sp³-hybridized carbons (Fsp3) is 0.533. The van der Waals surface area contributed by atoms with Crippen molar-refractivity contribution in [2.75, 3.05) is 25.5 Å². The van der Waals surface area contributed by atoms with Gasteiger partial charge in [-0.05, 0) is 30.5 Å². The first kappa shape index (κ1) is 12.5. The van der Waals surface area contributed by atoms with Gasteiger partial charge in [-0.3, -0.25) is 4.79 Å². The van der Waals surface area contributed by atoms with Crippen LogP contribution in [-0.2, 0) is 14.9 Å². The topological polar surface area (TPSA) is 64.4 Å². The minimum Gasteiger partial charge on any atom is -0.399 e. The van der Waals surface area contributed by atoms with Gasteiger partial charge in [-0.2, -0.15) is 0 Å². The lowest BCUT2D eigenvalue weighted by Gasteiger charge is -2.38. The standard InChI is InChI=1S/C15H20N2O2/c1-14(9-19-10-14)8-17-13(18)15(6-7-15)11-2-4-12(16)5-3-11/h2-5H,6-10,16H2,1H3,(H,17,18). The number of benzene rings is 1. The lowest BCUT2D eigenvalue weighted by atomic mass is 9.88. The highest BCUT2D eigenvalue weighted by Crippen LogP contribution is 2.48. The van der Waals surface area contributed by atoms with Gasteiger partial charge in [0.2, 0.25) is 5.91 Å². The van der Waals surface area contributed by atoms with Gasteiger partial charge in [-0.15, -0.1) is 0 Å². The Morgan fingerprint density at radius 2 is 1.95 bits per heavy atom. The van der Waals surface area contributed by atoms with Gasteiger partial charge in [0, 0.05) is 17.6 Å². The van der Waals surface area contributed by atoms with Crippen LogP contribution in [0.15, 0.2) is 24.3 Å². The third kappa shape index (κ3) is 2.21. The minimum atomic E-state index is -0.311. The molecule has 0 spiro atoms. The summed E-state index contributed by atoms with van der Waals surface area (Å²) in [6.07, 6.45) is 1.85. The molecule has 4 nitrogen and oxygen atoms in total. The van der Waals surface area contributed by atoms with Crippen molar-refractivity contribution in [3.63, 3.8) is 0 Å². The zero-order valence-electron chi connectivity index (χ0n) is 11.2. The second-order valence-corrected chi connectivity index (χ2v) is 6.19. The Morgan fingerprint density at radius 1 is 1.32 bits per heavy atom. The number of rotatable bonds is 4. The normalized spacial score (nSPS) is 22.4. The zero-order valence-corrected chi connectivity index (χ0v) is 11.2. The van der Waals surface area contributed by atoms with E-state index < -0.39 is 0 Å². The molecule has 1 saturated carbocycles. The van der Waals surface area contributed by atoms with E-state index in [9.17, 15) is 4.79 Å². The number of nitrogens with one attached hydrogen (secondary N) is 1. The highest BCUT2D eigenvalue weighted by atomic mass is 16.5. The van der Waals surface area contributed by atoms with Crippen molar-refractivity contribution in [1.82, 2.24) is 5.32 Å². The van der Waals surface area contributed by atoms with Crippen molar-refractivity contribution < 1.29 is 9.53 Å². The summed E-state index contributed by atoms with van der Waals surface area (Å²) < 4.78 is 5.20. The molecular formula is C15H20N2O2. The second-order valence-electron chi connectivity index (χ2n) is 6.19. The number of amides is 1. The van der Waals surface area contributed by atoms with Crippen molar-refractivity contribution >= 4 is 11.6 Å². The first-order valence-electron chi connectivity index (χ1n) is 6.76. The van der Waals surface area contributed by atoms with Gasteiger partial charge in [0.25, 0.3) is 0 Å². The molecule has 1 aliphatic heterocycles. The van der Waals surface area contributed by atoms with Crippen molar-refractivity contribution in [2.45, 2.75) is 25.2 Å². The monoisotopic (exact) mass is 260 g/mol. The molecule has 1 amide bonds. The van der Waals surface area contributed by atoms with Crippen LogP contribution in [0.4, 0.5) is 5.69 Å². The number of ether oxygens (including phenoxy) is 1. The van der Waals surface area contributed by atoms with Crippen molar-refractivity contribution in [1.29, 1.82) is 0 Å². The van der Waals surface area contributed by atoms with E-state index in [4.69, 9.17) is 10.5 Å². The summed E-state index contributed by atoms with van der Waals surface area (Å²) in [7, 11) is 0. The Bertz CT molecular complexity index is 487. The molecule has 2 fully saturated rings. The molecule has 1 aromatic rings. The molecule has 3 N–H and O–H groups in total. The minimum absolute atomic E-state index is 0.118. The Morgan fingerprint density at radius 3 is 2.42 bits per heavy atom. The van der Waals surface area contributed by atoms with Crippen molar-refractivity contribution in [3.8, 4) is 0 Å². The van der Waals surface area contributed by atoms with Gasteiger partial charge >= 0.3 is 0 Å². The molecule has 0 unspecified atom stereocenters. The Hall–Kier alpha value is -1.55. The quantitative estimate of drug-likeness (QED) is 0.805. The van der Waals surface area contributed by atoms with Crippen LogP contribution >= 0.6 is 0 Å². The highest BCUT2D eigenvalue weighted by molar-refractivity contribution is 5.91. The van der Waals surface area contributed by atoms with E-state index in [1.807, 2.05) is 24.3 Å². The molecule has 0 aromatic heterocycles. The molecule has 1 heterocycles. The molecular weight excluding hydrogens is 240 g/mol. The molecule has 19 heavy (non-hydrogen) atoms. The zero-order chi connectivity index (χ0) is 13.5.